The molecule has 1 saturated heterocycles. The van der Waals surface area contributed by atoms with E-state index in [4.69, 9.17) is 4.74 Å². The summed E-state index contributed by atoms with van der Waals surface area (Å²) in [7, 11) is 2.20. The fraction of sp³-hybridized carbons (Fsp3) is 0.600. The third-order valence-electron chi connectivity index (χ3n) is 3.43. The predicted molar refractivity (Wildman–Crippen MR) is 75.0 cm³/mol. The standard InChI is InChI=1S/C15H24N2O/c1-3-18-15-8-4-6-13(10-15)11-16-14-7-5-9-17(2)12-14/h4,6,8,10,14,16H,3,5,7,9,11-12H2,1-2H3. The number of likely N-dealkylation sites (tertiary alicyclic amines) is 1. The molecule has 0 saturated carbocycles. The molecule has 1 aromatic rings. The number of piperidine rings is 1. The highest BCUT2D eigenvalue weighted by Gasteiger charge is 2.16. The molecule has 18 heavy (non-hydrogen) atoms. The molecule has 1 N–H and O–H groups in total. The largest absolute Gasteiger partial charge is 0.494 e. The normalized spacial score (nSPS) is 20.9. The lowest BCUT2D eigenvalue weighted by molar-refractivity contribution is 0.226. The topological polar surface area (TPSA) is 24.5 Å². The van der Waals surface area contributed by atoms with Gasteiger partial charge in [0.2, 0.25) is 0 Å². The molecule has 3 nitrogen and oxygen atoms in total. The Morgan fingerprint density at radius 1 is 1.44 bits per heavy atom. The smallest absolute Gasteiger partial charge is 0.119 e. The summed E-state index contributed by atoms with van der Waals surface area (Å²) in [5.74, 6) is 0.970. The molecule has 2 rings (SSSR count). The molecule has 1 atom stereocenters. The Hall–Kier alpha value is -1.06. The van der Waals surface area contributed by atoms with Crippen LogP contribution in [0.2, 0.25) is 0 Å². The molecule has 0 radical (unpaired) electrons. The minimum atomic E-state index is 0.625. The van der Waals surface area contributed by atoms with Crippen LogP contribution in [0, 0.1) is 0 Å². The van der Waals surface area contributed by atoms with E-state index in [9.17, 15) is 0 Å². The Bertz CT molecular complexity index is 367. The van der Waals surface area contributed by atoms with Crippen LogP contribution in [-0.4, -0.2) is 37.7 Å². The van der Waals surface area contributed by atoms with Gasteiger partial charge in [-0.05, 0) is 51.1 Å². The number of hydrogen-bond donors (Lipinski definition) is 1. The molecule has 1 heterocycles. The fourth-order valence-corrected chi connectivity index (χ4v) is 2.51. The van der Waals surface area contributed by atoms with Crippen LogP contribution in [0.25, 0.3) is 0 Å². The van der Waals surface area contributed by atoms with Crippen molar-refractivity contribution in [2.45, 2.75) is 32.4 Å². The number of likely N-dealkylation sites (N-methyl/N-ethyl adjacent to an activating group) is 1. The molecule has 0 bridgehead atoms. The van der Waals surface area contributed by atoms with Crippen LogP contribution in [0.5, 0.6) is 5.75 Å². The van der Waals surface area contributed by atoms with E-state index in [1.165, 1.54) is 24.9 Å². The molecule has 100 valence electrons. The Kier molecular flexibility index (Phi) is 5.02. The van der Waals surface area contributed by atoms with Gasteiger partial charge >= 0.3 is 0 Å². The van der Waals surface area contributed by atoms with Crippen LogP contribution in [0.4, 0.5) is 0 Å². The first kappa shape index (κ1) is 13.4. The number of ether oxygens (including phenoxy) is 1. The molecule has 1 unspecified atom stereocenters. The third-order valence-corrected chi connectivity index (χ3v) is 3.43. The summed E-state index contributed by atoms with van der Waals surface area (Å²) in [5.41, 5.74) is 1.30. The van der Waals surface area contributed by atoms with Crippen molar-refractivity contribution in [3.8, 4) is 5.75 Å². The van der Waals surface area contributed by atoms with Gasteiger partial charge in [-0.15, -0.1) is 0 Å². The highest BCUT2D eigenvalue weighted by molar-refractivity contribution is 5.28. The van der Waals surface area contributed by atoms with Crippen molar-refractivity contribution in [3.05, 3.63) is 29.8 Å². The van der Waals surface area contributed by atoms with Crippen LogP contribution in [-0.2, 0) is 6.54 Å². The maximum absolute atomic E-state index is 5.52. The summed E-state index contributed by atoms with van der Waals surface area (Å²) in [4.78, 5) is 2.40. The quantitative estimate of drug-likeness (QED) is 0.865. The number of hydrogen-bond acceptors (Lipinski definition) is 3. The van der Waals surface area contributed by atoms with Crippen LogP contribution >= 0.6 is 0 Å². The highest BCUT2D eigenvalue weighted by atomic mass is 16.5. The van der Waals surface area contributed by atoms with E-state index in [1.807, 2.05) is 13.0 Å². The highest BCUT2D eigenvalue weighted by Crippen LogP contribution is 2.14. The van der Waals surface area contributed by atoms with Crippen LogP contribution < -0.4 is 10.1 Å². The second-order valence-corrected chi connectivity index (χ2v) is 5.06. The average molecular weight is 248 g/mol. The Morgan fingerprint density at radius 2 is 2.33 bits per heavy atom. The van der Waals surface area contributed by atoms with Gasteiger partial charge in [0.25, 0.3) is 0 Å². The minimum absolute atomic E-state index is 0.625. The van der Waals surface area contributed by atoms with Gasteiger partial charge in [-0.3, -0.25) is 0 Å². The number of nitrogens with one attached hydrogen (secondary N) is 1. The van der Waals surface area contributed by atoms with Crippen LogP contribution in [0.3, 0.4) is 0 Å². The van der Waals surface area contributed by atoms with Crippen molar-refractivity contribution in [1.29, 1.82) is 0 Å². The second-order valence-electron chi connectivity index (χ2n) is 5.06. The van der Waals surface area contributed by atoms with Crippen molar-refractivity contribution in [1.82, 2.24) is 10.2 Å². The van der Waals surface area contributed by atoms with Crippen molar-refractivity contribution >= 4 is 0 Å². The lowest BCUT2D eigenvalue weighted by Crippen LogP contribution is -2.43. The number of rotatable bonds is 5. The molecule has 0 amide bonds. The zero-order valence-electron chi connectivity index (χ0n) is 11.5. The lowest BCUT2D eigenvalue weighted by Gasteiger charge is -2.30. The summed E-state index contributed by atoms with van der Waals surface area (Å²) in [6, 6.07) is 8.99. The molecule has 1 aliphatic heterocycles. The van der Waals surface area contributed by atoms with E-state index in [0.717, 1.165) is 25.4 Å². The maximum atomic E-state index is 5.52. The third kappa shape index (κ3) is 4.00. The van der Waals surface area contributed by atoms with Gasteiger partial charge in [0.1, 0.15) is 5.75 Å². The van der Waals surface area contributed by atoms with E-state index >= 15 is 0 Å². The second kappa shape index (κ2) is 6.76. The SMILES string of the molecule is CCOc1cccc(CNC2CCCN(C)C2)c1. The predicted octanol–water partition coefficient (Wildman–Crippen LogP) is 2.27. The summed E-state index contributed by atoms with van der Waals surface area (Å²) < 4.78 is 5.52. The zero-order valence-corrected chi connectivity index (χ0v) is 11.5. The summed E-state index contributed by atoms with van der Waals surface area (Å²) >= 11 is 0. The molecule has 0 spiro atoms. The number of nitrogens with zero attached hydrogens (tertiary/aromatic N) is 1. The molecule has 1 aliphatic rings. The van der Waals surface area contributed by atoms with Crippen molar-refractivity contribution < 1.29 is 4.74 Å². The van der Waals surface area contributed by atoms with E-state index in [0.29, 0.717) is 6.04 Å². The first-order chi connectivity index (χ1) is 8.78. The summed E-state index contributed by atoms with van der Waals surface area (Å²) in [6.45, 7) is 6.07. The molecule has 0 aromatic heterocycles. The van der Waals surface area contributed by atoms with Gasteiger partial charge in [-0.1, -0.05) is 12.1 Å². The van der Waals surface area contributed by atoms with Gasteiger partial charge in [0, 0.05) is 19.1 Å². The molecule has 1 aromatic carbocycles. The van der Waals surface area contributed by atoms with Gasteiger partial charge in [-0.25, -0.2) is 0 Å². The van der Waals surface area contributed by atoms with Crippen molar-refractivity contribution in [3.63, 3.8) is 0 Å². The van der Waals surface area contributed by atoms with Crippen LogP contribution in [0.15, 0.2) is 24.3 Å². The first-order valence-electron chi connectivity index (χ1n) is 6.91. The summed E-state index contributed by atoms with van der Waals surface area (Å²) in [6.07, 6.45) is 2.59. The molecule has 1 fully saturated rings. The van der Waals surface area contributed by atoms with Gasteiger partial charge in [0.05, 0.1) is 6.61 Å². The van der Waals surface area contributed by atoms with Gasteiger partial charge < -0.3 is 15.0 Å². The van der Waals surface area contributed by atoms with Crippen molar-refractivity contribution in [2.24, 2.45) is 0 Å². The van der Waals surface area contributed by atoms with Crippen LogP contribution in [0.1, 0.15) is 25.3 Å². The minimum Gasteiger partial charge on any atom is -0.494 e. The van der Waals surface area contributed by atoms with Gasteiger partial charge in [0.15, 0.2) is 0 Å². The van der Waals surface area contributed by atoms with E-state index in [-0.39, 0.29) is 0 Å². The Balaban J connectivity index is 1.83. The monoisotopic (exact) mass is 248 g/mol. The molecular formula is C15H24N2O. The Morgan fingerprint density at radius 3 is 3.11 bits per heavy atom. The van der Waals surface area contributed by atoms with Crippen molar-refractivity contribution in [2.75, 3.05) is 26.7 Å². The zero-order chi connectivity index (χ0) is 12.8. The van der Waals surface area contributed by atoms with E-state index in [2.05, 4.69) is 35.5 Å². The Labute approximate surface area is 110 Å². The van der Waals surface area contributed by atoms with Gasteiger partial charge in [-0.2, -0.15) is 0 Å². The number of benzene rings is 1. The average Bonchev–Trinajstić information content (AvgIpc) is 2.37. The molecule has 0 aliphatic carbocycles. The lowest BCUT2D eigenvalue weighted by atomic mass is 10.1. The van der Waals surface area contributed by atoms with E-state index in [1.54, 1.807) is 0 Å². The first-order valence-corrected chi connectivity index (χ1v) is 6.91. The fourth-order valence-electron chi connectivity index (χ4n) is 2.51. The molecular weight excluding hydrogens is 224 g/mol. The van der Waals surface area contributed by atoms with E-state index < -0.39 is 0 Å². The summed E-state index contributed by atoms with van der Waals surface area (Å²) in [5, 5.41) is 3.64. The molecule has 3 heteroatoms. The maximum Gasteiger partial charge on any atom is 0.119 e.